The zero-order chi connectivity index (χ0) is 13.7. The van der Waals surface area contributed by atoms with Crippen molar-refractivity contribution in [1.82, 2.24) is 0 Å². The predicted octanol–water partition coefficient (Wildman–Crippen LogP) is 2.63. The van der Waals surface area contributed by atoms with Crippen molar-refractivity contribution in [3.8, 4) is 0 Å². The molecule has 0 aliphatic heterocycles. The Morgan fingerprint density at radius 2 is 2.22 bits per heavy atom. The molecule has 1 atom stereocenters. The van der Waals surface area contributed by atoms with Crippen molar-refractivity contribution < 1.29 is 9.90 Å². The highest BCUT2D eigenvalue weighted by Gasteiger charge is 2.16. The molecule has 0 aliphatic rings. The lowest BCUT2D eigenvalue weighted by Crippen LogP contribution is -2.23. The van der Waals surface area contributed by atoms with Gasteiger partial charge < -0.3 is 16.2 Å². The molecular weight excluding hydrogens is 295 g/mol. The summed E-state index contributed by atoms with van der Waals surface area (Å²) < 4.78 is 0. The van der Waals surface area contributed by atoms with Crippen molar-refractivity contribution in [3.05, 3.63) is 22.2 Å². The van der Waals surface area contributed by atoms with E-state index in [0.717, 1.165) is 0 Å². The van der Waals surface area contributed by atoms with Crippen LogP contribution in [-0.4, -0.2) is 28.6 Å². The molecule has 0 radical (unpaired) electrons. The molecule has 0 aliphatic carbocycles. The van der Waals surface area contributed by atoms with Crippen molar-refractivity contribution in [1.29, 1.82) is 0 Å². The van der Waals surface area contributed by atoms with Gasteiger partial charge in [0.25, 0.3) is 0 Å². The smallest absolute Gasteiger partial charge is 0.237 e. The number of rotatable bonds is 5. The molecule has 1 aromatic carbocycles. The number of nitrogen functional groups attached to an aromatic ring is 1. The van der Waals surface area contributed by atoms with Gasteiger partial charge in [0, 0.05) is 10.8 Å². The quantitative estimate of drug-likeness (QED) is 0.731. The molecule has 7 heteroatoms. The summed E-state index contributed by atoms with van der Waals surface area (Å²) in [6, 6.07) is 3.04. The Labute approximate surface area is 120 Å². The number of aliphatic hydroxyl groups is 1. The van der Waals surface area contributed by atoms with Crippen LogP contribution in [0.4, 0.5) is 11.4 Å². The predicted molar refractivity (Wildman–Crippen MR) is 78.5 cm³/mol. The maximum Gasteiger partial charge on any atom is 0.237 e. The highest BCUT2D eigenvalue weighted by atomic mass is 35.5. The monoisotopic (exact) mass is 308 g/mol. The molecule has 0 saturated carbocycles. The SMILES string of the molecule is CC(SCCO)C(=O)Nc1c(N)cc(Cl)cc1Cl. The maximum absolute atomic E-state index is 11.8. The molecule has 0 aromatic heterocycles. The zero-order valence-electron chi connectivity index (χ0n) is 9.74. The van der Waals surface area contributed by atoms with E-state index in [9.17, 15) is 4.79 Å². The number of halogens is 2. The molecule has 0 heterocycles. The van der Waals surface area contributed by atoms with Gasteiger partial charge in [-0.2, -0.15) is 0 Å². The Morgan fingerprint density at radius 3 is 2.78 bits per heavy atom. The molecule has 100 valence electrons. The van der Waals surface area contributed by atoms with E-state index >= 15 is 0 Å². The van der Waals surface area contributed by atoms with Gasteiger partial charge in [-0.1, -0.05) is 23.2 Å². The summed E-state index contributed by atoms with van der Waals surface area (Å²) in [6.07, 6.45) is 0. The van der Waals surface area contributed by atoms with Crippen LogP contribution in [0, 0.1) is 0 Å². The molecule has 4 N–H and O–H groups in total. The molecule has 18 heavy (non-hydrogen) atoms. The van der Waals surface area contributed by atoms with Crippen LogP contribution >= 0.6 is 35.0 Å². The molecule has 1 unspecified atom stereocenters. The standard InChI is InChI=1S/C11H14Cl2N2O2S/c1-6(18-3-2-16)11(17)15-10-8(13)4-7(12)5-9(10)14/h4-6,16H,2-3,14H2,1H3,(H,15,17). The van der Waals surface area contributed by atoms with Crippen LogP contribution in [0.25, 0.3) is 0 Å². The van der Waals surface area contributed by atoms with Crippen LogP contribution in [0.15, 0.2) is 12.1 Å². The van der Waals surface area contributed by atoms with Crippen LogP contribution in [0.1, 0.15) is 6.92 Å². The third-order valence-corrected chi connectivity index (χ3v) is 3.81. The van der Waals surface area contributed by atoms with E-state index in [1.54, 1.807) is 6.92 Å². The first kappa shape index (κ1) is 15.4. The summed E-state index contributed by atoms with van der Waals surface area (Å²) in [5.74, 6) is 0.280. The normalized spacial score (nSPS) is 12.2. The first-order chi connectivity index (χ1) is 8.45. The number of thioether (sulfide) groups is 1. The van der Waals surface area contributed by atoms with E-state index in [1.807, 2.05) is 0 Å². The molecule has 4 nitrogen and oxygen atoms in total. The van der Waals surface area contributed by atoms with Gasteiger partial charge >= 0.3 is 0 Å². The van der Waals surface area contributed by atoms with Crippen LogP contribution in [0.2, 0.25) is 10.0 Å². The lowest BCUT2D eigenvalue weighted by molar-refractivity contribution is -0.115. The Morgan fingerprint density at radius 1 is 1.56 bits per heavy atom. The Kier molecular flexibility index (Phi) is 6.08. The molecule has 0 spiro atoms. The first-order valence-corrected chi connectivity index (χ1v) is 7.04. The fourth-order valence-electron chi connectivity index (χ4n) is 1.26. The number of amides is 1. The van der Waals surface area contributed by atoms with E-state index < -0.39 is 0 Å². The highest BCUT2D eigenvalue weighted by Crippen LogP contribution is 2.32. The summed E-state index contributed by atoms with van der Waals surface area (Å²) in [4.78, 5) is 11.8. The number of carbonyl (C=O) groups is 1. The number of anilines is 2. The number of carbonyl (C=O) groups excluding carboxylic acids is 1. The van der Waals surface area contributed by atoms with Gasteiger partial charge in [-0.3, -0.25) is 4.79 Å². The van der Waals surface area contributed by atoms with Crippen LogP contribution in [0.3, 0.4) is 0 Å². The minimum absolute atomic E-state index is 0.0339. The molecule has 0 fully saturated rings. The number of benzene rings is 1. The van der Waals surface area contributed by atoms with Crippen molar-refractivity contribution in [2.75, 3.05) is 23.4 Å². The topological polar surface area (TPSA) is 75.3 Å². The van der Waals surface area contributed by atoms with Gasteiger partial charge in [0.1, 0.15) is 0 Å². The number of hydrogen-bond acceptors (Lipinski definition) is 4. The molecule has 0 bridgehead atoms. The van der Waals surface area contributed by atoms with E-state index in [-0.39, 0.29) is 17.8 Å². The number of nitrogens with one attached hydrogen (secondary N) is 1. The summed E-state index contributed by atoms with van der Waals surface area (Å²) in [7, 11) is 0. The molecule has 1 amide bonds. The fraction of sp³-hybridized carbons (Fsp3) is 0.364. The second-order valence-corrected chi connectivity index (χ2v) is 5.87. The lowest BCUT2D eigenvalue weighted by atomic mass is 10.2. The van der Waals surface area contributed by atoms with Gasteiger partial charge in [-0.25, -0.2) is 0 Å². The zero-order valence-corrected chi connectivity index (χ0v) is 12.1. The van der Waals surface area contributed by atoms with Gasteiger partial charge in [-0.05, 0) is 19.1 Å². The van der Waals surface area contributed by atoms with Gasteiger partial charge in [0.05, 0.1) is 28.3 Å². The average Bonchev–Trinajstić information content (AvgIpc) is 2.30. The molecule has 1 rings (SSSR count). The lowest BCUT2D eigenvalue weighted by Gasteiger charge is -2.14. The highest BCUT2D eigenvalue weighted by molar-refractivity contribution is 8.00. The Hall–Kier alpha value is -0.620. The van der Waals surface area contributed by atoms with Crippen molar-refractivity contribution in [2.45, 2.75) is 12.2 Å². The first-order valence-electron chi connectivity index (χ1n) is 5.23. The third kappa shape index (κ3) is 4.24. The third-order valence-electron chi connectivity index (χ3n) is 2.16. The minimum Gasteiger partial charge on any atom is -0.397 e. The average molecular weight is 309 g/mol. The van der Waals surface area contributed by atoms with E-state index in [0.29, 0.717) is 27.2 Å². The number of aliphatic hydroxyl groups excluding tert-OH is 1. The fourth-order valence-corrected chi connectivity index (χ4v) is 2.48. The Bertz CT molecular complexity index is 420. The second-order valence-electron chi connectivity index (χ2n) is 3.58. The molecular formula is C11H14Cl2N2O2S. The maximum atomic E-state index is 11.8. The van der Waals surface area contributed by atoms with Crippen molar-refractivity contribution >= 4 is 52.2 Å². The summed E-state index contributed by atoms with van der Waals surface area (Å²) in [6.45, 7) is 1.78. The van der Waals surface area contributed by atoms with Crippen LogP contribution < -0.4 is 11.1 Å². The summed E-state index contributed by atoms with van der Waals surface area (Å²) in [5.41, 5.74) is 6.42. The van der Waals surface area contributed by atoms with Gasteiger partial charge in [0.15, 0.2) is 0 Å². The van der Waals surface area contributed by atoms with Gasteiger partial charge in [-0.15, -0.1) is 11.8 Å². The van der Waals surface area contributed by atoms with Crippen molar-refractivity contribution in [2.24, 2.45) is 0 Å². The second kappa shape index (κ2) is 7.09. The number of nitrogens with two attached hydrogens (primary N) is 1. The summed E-state index contributed by atoms with van der Waals surface area (Å²) >= 11 is 13.1. The molecule has 0 saturated heterocycles. The van der Waals surface area contributed by atoms with Crippen molar-refractivity contribution in [3.63, 3.8) is 0 Å². The largest absolute Gasteiger partial charge is 0.397 e. The summed E-state index contributed by atoms with van der Waals surface area (Å²) in [5, 5.41) is 11.8. The van der Waals surface area contributed by atoms with E-state index in [1.165, 1.54) is 23.9 Å². The van der Waals surface area contributed by atoms with Crippen LogP contribution in [-0.2, 0) is 4.79 Å². The van der Waals surface area contributed by atoms with Gasteiger partial charge in [0.2, 0.25) is 5.91 Å². The Balaban J connectivity index is 2.76. The molecule has 1 aromatic rings. The number of hydrogen-bond donors (Lipinski definition) is 3. The van der Waals surface area contributed by atoms with E-state index in [2.05, 4.69) is 5.32 Å². The van der Waals surface area contributed by atoms with E-state index in [4.69, 9.17) is 34.0 Å². The minimum atomic E-state index is -0.303. The van der Waals surface area contributed by atoms with Crippen LogP contribution in [0.5, 0.6) is 0 Å².